The zero-order valence-electron chi connectivity index (χ0n) is 34.1. The number of aliphatic hydroxyl groups is 4. The first-order valence-corrected chi connectivity index (χ1v) is 22.6. The number of amides is 1. The Morgan fingerprint density at radius 1 is 0.471 bits per heavy atom. The smallest absolute Gasteiger partial charge is 0.249 e. The number of hydrogen-bond donors (Lipinski definition) is 5. The highest BCUT2D eigenvalue weighted by molar-refractivity contribution is 5.80. The first-order chi connectivity index (χ1) is 25.0. The van der Waals surface area contributed by atoms with Gasteiger partial charge >= 0.3 is 0 Å². The molecule has 4 unspecified atom stereocenters. The van der Waals surface area contributed by atoms with Crippen molar-refractivity contribution in [2.75, 3.05) is 6.61 Å². The molecule has 0 aromatic rings. The molecule has 1 amide bonds. The number of carbonyl (C=O) groups is 1. The van der Waals surface area contributed by atoms with Gasteiger partial charge in [0.2, 0.25) is 5.91 Å². The Hall–Kier alpha value is -0.950. The maximum atomic E-state index is 12.5. The molecule has 304 valence electrons. The Morgan fingerprint density at radius 2 is 0.804 bits per heavy atom. The van der Waals surface area contributed by atoms with Gasteiger partial charge in [-0.25, -0.2) is 0 Å². The molecule has 0 aliphatic carbocycles. The minimum Gasteiger partial charge on any atom is -0.394 e. The van der Waals surface area contributed by atoms with Crippen LogP contribution in [0.3, 0.4) is 0 Å². The summed E-state index contributed by atoms with van der Waals surface area (Å²) < 4.78 is 0. The molecule has 0 aromatic heterocycles. The highest BCUT2D eigenvalue weighted by Crippen LogP contribution is 2.16. The van der Waals surface area contributed by atoms with E-state index in [4.69, 9.17) is 0 Å². The third kappa shape index (κ3) is 34.6. The number of allylic oxidation sites excluding steroid dienone is 2. The van der Waals surface area contributed by atoms with Gasteiger partial charge in [-0.15, -0.1) is 0 Å². The third-order valence-electron chi connectivity index (χ3n) is 10.7. The topological polar surface area (TPSA) is 110 Å². The van der Waals surface area contributed by atoms with E-state index in [0.29, 0.717) is 12.8 Å². The maximum Gasteiger partial charge on any atom is 0.249 e. The quantitative estimate of drug-likeness (QED) is 0.0319. The van der Waals surface area contributed by atoms with E-state index in [2.05, 4.69) is 31.3 Å². The molecule has 0 radical (unpaired) electrons. The molecule has 0 rings (SSSR count). The highest BCUT2D eigenvalue weighted by Gasteiger charge is 2.28. The van der Waals surface area contributed by atoms with E-state index in [-0.39, 0.29) is 0 Å². The van der Waals surface area contributed by atoms with Crippen LogP contribution in [0.2, 0.25) is 0 Å². The van der Waals surface area contributed by atoms with Gasteiger partial charge in [0.15, 0.2) is 0 Å². The lowest BCUT2D eigenvalue weighted by atomic mass is 10.00. The van der Waals surface area contributed by atoms with Gasteiger partial charge in [0.1, 0.15) is 12.2 Å². The Balaban J connectivity index is 3.73. The molecule has 0 saturated carbocycles. The summed E-state index contributed by atoms with van der Waals surface area (Å²) in [5.74, 6) is -0.590. The lowest BCUT2D eigenvalue weighted by molar-refractivity contribution is -0.132. The van der Waals surface area contributed by atoms with Crippen molar-refractivity contribution in [3.63, 3.8) is 0 Å². The van der Waals surface area contributed by atoms with Gasteiger partial charge < -0.3 is 25.7 Å². The van der Waals surface area contributed by atoms with Crippen molar-refractivity contribution < 1.29 is 25.2 Å². The van der Waals surface area contributed by atoms with Gasteiger partial charge in [-0.3, -0.25) is 4.79 Å². The van der Waals surface area contributed by atoms with Crippen molar-refractivity contribution in [1.82, 2.24) is 5.32 Å². The molecule has 0 aliphatic heterocycles. The molecule has 4 atom stereocenters. The van der Waals surface area contributed by atoms with Crippen molar-refractivity contribution in [3.05, 3.63) is 12.2 Å². The van der Waals surface area contributed by atoms with E-state index in [1.165, 1.54) is 173 Å². The molecule has 0 saturated heterocycles. The monoisotopic (exact) mass is 724 g/mol. The van der Waals surface area contributed by atoms with Gasteiger partial charge in [-0.05, 0) is 38.5 Å². The van der Waals surface area contributed by atoms with Gasteiger partial charge in [-0.1, -0.05) is 212 Å². The summed E-state index contributed by atoms with van der Waals surface area (Å²) in [5.41, 5.74) is 0. The first-order valence-electron chi connectivity index (χ1n) is 22.6. The van der Waals surface area contributed by atoms with Crippen LogP contribution in [-0.2, 0) is 4.79 Å². The fourth-order valence-electron chi connectivity index (χ4n) is 7.11. The Bertz CT molecular complexity index is 731. The van der Waals surface area contributed by atoms with Crippen LogP contribution in [0.4, 0.5) is 0 Å². The average molecular weight is 724 g/mol. The number of hydrogen-bond acceptors (Lipinski definition) is 5. The zero-order chi connectivity index (χ0) is 37.5. The van der Waals surface area contributed by atoms with Crippen molar-refractivity contribution in [2.24, 2.45) is 0 Å². The lowest BCUT2D eigenvalue weighted by Crippen LogP contribution is -2.53. The van der Waals surface area contributed by atoms with Crippen molar-refractivity contribution >= 4 is 5.91 Å². The van der Waals surface area contributed by atoms with E-state index in [9.17, 15) is 25.2 Å². The molecule has 0 fully saturated rings. The van der Waals surface area contributed by atoms with Crippen LogP contribution >= 0.6 is 0 Å². The summed E-state index contributed by atoms with van der Waals surface area (Å²) in [5, 5.41) is 43.7. The van der Waals surface area contributed by atoms with Crippen molar-refractivity contribution in [2.45, 2.75) is 263 Å². The third-order valence-corrected chi connectivity index (χ3v) is 10.7. The summed E-state index contributed by atoms with van der Waals surface area (Å²) in [6, 6.07) is -0.996. The van der Waals surface area contributed by atoms with E-state index in [1.807, 2.05) is 0 Å². The van der Waals surface area contributed by atoms with Crippen LogP contribution in [0.1, 0.15) is 239 Å². The molecular weight excluding hydrogens is 634 g/mol. The van der Waals surface area contributed by atoms with E-state index in [0.717, 1.165) is 38.5 Å². The fourth-order valence-corrected chi connectivity index (χ4v) is 7.11. The van der Waals surface area contributed by atoms with Gasteiger partial charge in [-0.2, -0.15) is 0 Å². The van der Waals surface area contributed by atoms with Crippen LogP contribution in [0.5, 0.6) is 0 Å². The molecule has 0 spiro atoms. The summed E-state index contributed by atoms with van der Waals surface area (Å²) in [7, 11) is 0. The summed E-state index contributed by atoms with van der Waals surface area (Å²) in [4.78, 5) is 12.5. The number of carbonyl (C=O) groups excluding carboxylic acids is 1. The maximum absolute atomic E-state index is 12.5. The minimum atomic E-state index is -1.28. The molecule has 5 N–H and O–H groups in total. The molecule has 0 aromatic carbocycles. The second-order valence-electron chi connectivity index (χ2n) is 15.8. The Morgan fingerprint density at radius 3 is 1.18 bits per heavy atom. The second-order valence-corrected chi connectivity index (χ2v) is 15.8. The predicted octanol–water partition coefficient (Wildman–Crippen LogP) is 11.8. The van der Waals surface area contributed by atoms with E-state index < -0.39 is 36.9 Å². The molecular formula is C45H89NO5. The largest absolute Gasteiger partial charge is 0.394 e. The molecule has 6 nitrogen and oxygen atoms in total. The van der Waals surface area contributed by atoms with Gasteiger partial charge in [0.05, 0.1) is 18.8 Å². The molecule has 0 heterocycles. The highest BCUT2D eigenvalue weighted by atomic mass is 16.3. The summed E-state index contributed by atoms with van der Waals surface area (Å²) in [6.07, 6.45) is 43.9. The van der Waals surface area contributed by atoms with Gasteiger partial charge in [0, 0.05) is 0 Å². The van der Waals surface area contributed by atoms with Crippen molar-refractivity contribution in [1.29, 1.82) is 0 Å². The van der Waals surface area contributed by atoms with Crippen molar-refractivity contribution in [3.8, 4) is 0 Å². The lowest BCUT2D eigenvalue weighted by Gasteiger charge is -2.27. The van der Waals surface area contributed by atoms with Crippen LogP contribution in [-0.4, -0.2) is 57.3 Å². The number of rotatable bonds is 41. The van der Waals surface area contributed by atoms with Crippen LogP contribution in [0, 0.1) is 0 Å². The van der Waals surface area contributed by atoms with Gasteiger partial charge in [0.25, 0.3) is 0 Å². The molecule has 0 aliphatic rings. The minimum absolute atomic E-state index is 0.368. The average Bonchev–Trinajstić information content (AvgIpc) is 3.13. The van der Waals surface area contributed by atoms with E-state index in [1.54, 1.807) is 0 Å². The summed E-state index contributed by atoms with van der Waals surface area (Å²) in [6.45, 7) is 4.05. The normalized spacial score (nSPS) is 14.2. The summed E-state index contributed by atoms with van der Waals surface area (Å²) >= 11 is 0. The number of nitrogens with one attached hydrogen (secondary N) is 1. The second kappa shape index (κ2) is 40.2. The SMILES string of the molecule is CCCCCCCCCCCCC/C=C/CCCC(O)C(O)C(CO)NC(=O)C(O)CCCCCCCCCCCCCCCCCCCCC. The Labute approximate surface area is 317 Å². The van der Waals surface area contributed by atoms with Crippen LogP contribution in [0.25, 0.3) is 0 Å². The molecule has 0 bridgehead atoms. The van der Waals surface area contributed by atoms with Crippen LogP contribution in [0.15, 0.2) is 12.2 Å². The van der Waals surface area contributed by atoms with E-state index >= 15 is 0 Å². The standard InChI is InChI=1S/C45H89NO5/c1-3-5-7-9-11-13-15-17-19-21-22-23-25-27-29-31-33-35-37-39-43(49)45(51)46-41(40-47)44(50)42(48)38-36-34-32-30-28-26-24-20-18-16-14-12-10-8-6-4-2/h30,32,41-44,47-50H,3-29,31,33-40H2,1-2H3,(H,46,51)/b32-30+. The number of unbranched alkanes of at least 4 members (excludes halogenated alkanes) is 30. The molecule has 51 heavy (non-hydrogen) atoms. The number of aliphatic hydroxyl groups excluding tert-OH is 4. The Kier molecular flexibility index (Phi) is 39.5. The fraction of sp³-hybridized carbons (Fsp3) is 0.933. The first kappa shape index (κ1) is 50.1. The van der Waals surface area contributed by atoms with Crippen LogP contribution < -0.4 is 5.32 Å². The molecule has 6 heteroatoms. The predicted molar refractivity (Wildman–Crippen MR) is 219 cm³/mol. The zero-order valence-corrected chi connectivity index (χ0v) is 34.1.